The van der Waals surface area contributed by atoms with Gasteiger partial charge in [-0.25, -0.2) is 0 Å². The van der Waals surface area contributed by atoms with Gasteiger partial charge in [-0.05, 0) is 36.0 Å². The summed E-state index contributed by atoms with van der Waals surface area (Å²) in [5.74, 6) is 0. The van der Waals surface area contributed by atoms with E-state index in [-0.39, 0.29) is 5.41 Å². The molecule has 1 heterocycles. The van der Waals surface area contributed by atoms with Crippen molar-refractivity contribution < 1.29 is 4.74 Å². The number of nitrogen functional groups attached to an aromatic ring is 1. The van der Waals surface area contributed by atoms with Crippen molar-refractivity contribution in [2.75, 3.05) is 37.4 Å². The van der Waals surface area contributed by atoms with E-state index in [1.807, 2.05) is 6.07 Å². The van der Waals surface area contributed by atoms with Crippen LogP contribution < -0.4 is 10.6 Å². The molecule has 0 bridgehead atoms. The van der Waals surface area contributed by atoms with Gasteiger partial charge in [0.15, 0.2) is 0 Å². The van der Waals surface area contributed by atoms with E-state index in [0.717, 1.165) is 25.4 Å². The molecule has 0 atom stereocenters. The summed E-state index contributed by atoms with van der Waals surface area (Å²) in [7, 11) is 1.75. The molecule has 100 valence electrons. The second-order valence-corrected chi connectivity index (χ2v) is 5.74. The predicted octanol–water partition coefficient (Wildman–Crippen LogP) is 2.79. The van der Waals surface area contributed by atoms with Crippen LogP contribution in [0.15, 0.2) is 18.2 Å². The first kappa shape index (κ1) is 13.2. The second kappa shape index (κ2) is 5.19. The number of hydrogen-bond acceptors (Lipinski definition) is 3. The Bertz CT molecular complexity index is 415. The molecule has 2 rings (SSSR count). The van der Waals surface area contributed by atoms with Gasteiger partial charge < -0.3 is 15.4 Å². The summed E-state index contributed by atoms with van der Waals surface area (Å²) in [6.45, 7) is 7.42. The van der Waals surface area contributed by atoms with Gasteiger partial charge in [0, 0.05) is 31.6 Å². The number of fused-ring (bicyclic) bond motifs is 1. The van der Waals surface area contributed by atoms with E-state index in [1.54, 1.807) is 7.11 Å². The summed E-state index contributed by atoms with van der Waals surface area (Å²) in [6, 6.07) is 6.31. The quantitative estimate of drug-likeness (QED) is 0.836. The molecule has 0 spiro atoms. The van der Waals surface area contributed by atoms with E-state index >= 15 is 0 Å². The van der Waals surface area contributed by atoms with Gasteiger partial charge in [-0.2, -0.15) is 0 Å². The average molecular weight is 248 g/mol. The Morgan fingerprint density at radius 1 is 1.39 bits per heavy atom. The molecule has 0 fully saturated rings. The zero-order valence-electron chi connectivity index (χ0n) is 11.7. The molecular formula is C15H24N2O. The lowest BCUT2D eigenvalue weighted by molar-refractivity contribution is 0.205. The third-order valence-electron chi connectivity index (χ3n) is 3.89. The third kappa shape index (κ3) is 2.61. The molecule has 1 aromatic rings. The van der Waals surface area contributed by atoms with Crippen molar-refractivity contribution >= 4 is 11.4 Å². The van der Waals surface area contributed by atoms with Crippen molar-refractivity contribution in [3.05, 3.63) is 23.8 Å². The molecule has 0 unspecified atom stereocenters. The zero-order chi connectivity index (χ0) is 13.2. The molecule has 0 amide bonds. The highest BCUT2D eigenvalue weighted by atomic mass is 16.5. The van der Waals surface area contributed by atoms with Crippen LogP contribution in [0, 0.1) is 0 Å². The van der Waals surface area contributed by atoms with Gasteiger partial charge in [-0.15, -0.1) is 0 Å². The second-order valence-electron chi connectivity index (χ2n) is 5.74. The molecule has 1 aliphatic heterocycles. The molecule has 0 aromatic heterocycles. The van der Waals surface area contributed by atoms with Crippen LogP contribution in [-0.2, 0) is 10.2 Å². The van der Waals surface area contributed by atoms with Gasteiger partial charge in [0.2, 0.25) is 0 Å². The fourth-order valence-corrected chi connectivity index (χ4v) is 2.78. The van der Waals surface area contributed by atoms with Gasteiger partial charge in [0.25, 0.3) is 0 Å². The number of ether oxygens (including phenoxy) is 1. The summed E-state index contributed by atoms with van der Waals surface area (Å²) in [6.07, 6.45) is 2.43. The number of methoxy groups -OCH3 is 1. The molecule has 0 radical (unpaired) electrons. The highest BCUT2D eigenvalue weighted by Crippen LogP contribution is 2.39. The molecule has 3 heteroatoms. The Kier molecular flexibility index (Phi) is 3.81. The largest absolute Gasteiger partial charge is 0.399 e. The lowest BCUT2D eigenvalue weighted by Gasteiger charge is -2.28. The van der Waals surface area contributed by atoms with Crippen LogP contribution in [0.3, 0.4) is 0 Å². The normalized spacial score (nSPS) is 18.3. The van der Waals surface area contributed by atoms with Crippen molar-refractivity contribution in [1.82, 2.24) is 0 Å². The SMILES string of the molecule is COCCN1CCCC(C)(C)c2ccc(N)cc21. The van der Waals surface area contributed by atoms with Gasteiger partial charge in [0.1, 0.15) is 0 Å². The molecule has 2 N–H and O–H groups in total. The Labute approximate surface area is 110 Å². The first-order valence-electron chi connectivity index (χ1n) is 6.68. The van der Waals surface area contributed by atoms with Crippen molar-refractivity contribution in [2.24, 2.45) is 0 Å². The smallest absolute Gasteiger partial charge is 0.0637 e. The number of nitrogens with two attached hydrogens (primary N) is 1. The van der Waals surface area contributed by atoms with Gasteiger partial charge in [-0.3, -0.25) is 0 Å². The average Bonchev–Trinajstić information content (AvgIpc) is 2.43. The van der Waals surface area contributed by atoms with Crippen molar-refractivity contribution in [1.29, 1.82) is 0 Å². The number of rotatable bonds is 3. The molecule has 0 saturated heterocycles. The zero-order valence-corrected chi connectivity index (χ0v) is 11.7. The van der Waals surface area contributed by atoms with Crippen LogP contribution >= 0.6 is 0 Å². The maximum absolute atomic E-state index is 5.95. The lowest BCUT2D eigenvalue weighted by Crippen LogP contribution is -2.28. The first-order valence-corrected chi connectivity index (χ1v) is 6.68. The molecule has 0 aliphatic carbocycles. The minimum Gasteiger partial charge on any atom is -0.399 e. The summed E-state index contributed by atoms with van der Waals surface area (Å²) < 4.78 is 5.21. The fraction of sp³-hybridized carbons (Fsp3) is 0.600. The number of benzene rings is 1. The summed E-state index contributed by atoms with van der Waals surface area (Å²) in [5.41, 5.74) is 9.72. The van der Waals surface area contributed by atoms with Gasteiger partial charge >= 0.3 is 0 Å². The van der Waals surface area contributed by atoms with Crippen LogP contribution in [0.25, 0.3) is 0 Å². The predicted molar refractivity (Wildman–Crippen MR) is 77.2 cm³/mol. The van der Waals surface area contributed by atoms with E-state index in [1.165, 1.54) is 24.1 Å². The molecule has 1 aliphatic rings. The number of anilines is 2. The Morgan fingerprint density at radius 3 is 2.89 bits per heavy atom. The Morgan fingerprint density at radius 2 is 2.17 bits per heavy atom. The van der Waals surface area contributed by atoms with Crippen LogP contribution in [-0.4, -0.2) is 26.8 Å². The number of nitrogens with zero attached hydrogens (tertiary/aromatic N) is 1. The van der Waals surface area contributed by atoms with E-state index in [0.29, 0.717) is 0 Å². The summed E-state index contributed by atoms with van der Waals surface area (Å²) in [4.78, 5) is 2.41. The van der Waals surface area contributed by atoms with Gasteiger partial charge in [-0.1, -0.05) is 19.9 Å². The topological polar surface area (TPSA) is 38.5 Å². The van der Waals surface area contributed by atoms with E-state index in [4.69, 9.17) is 10.5 Å². The van der Waals surface area contributed by atoms with Crippen molar-refractivity contribution in [3.8, 4) is 0 Å². The van der Waals surface area contributed by atoms with E-state index < -0.39 is 0 Å². The maximum Gasteiger partial charge on any atom is 0.0637 e. The molecule has 1 aromatic carbocycles. The highest BCUT2D eigenvalue weighted by molar-refractivity contribution is 5.64. The highest BCUT2D eigenvalue weighted by Gasteiger charge is 2.28. The van der Waals surface area contributed by atoms with Crippen molar-refractivity contribution in [2.45, 2.75) is 32.1 Å². The van der Waals surface area contributed by atoms with Gasteiger partial charge in [0.05, 0.1) is 6.61 Å². The maximum atomic E-state index is 5.95. The lowest BCUT2D eigenvalue weighted by atomic mass is 9.80. The first-order chi connectivity index (χ1) is 8.54. The third-order valence-corrected chi connectivity index (χ3v) is 3.89. The molecule has 18 heavy (non-hydrogen) atoms. The Hall–Kier alpha value is -1.22. The molecule has 3 nitrogen and oxygen atoms in total. The van der Waals surface area contributed by atoms with E-state index in [9.17, 15) is 0 Å². The summed E-state index contributed by atoms with van der Waals surface area (Å²) in [5, 5.41) is 0. The van der Waals surface area contributed by atoms with E-state index in [2.05, 4.69) is 30.9 Å². The van der Waals surface area contributed by atoms with Crippen LogP contribution in [0.5, 0.6) is 0 Å². The monoisotopic (exact) mass is 248 g/mol. The summed E-state index contributed by atoms with van der Waals surface area (Å²) >= 11 is 0. The molecule has 0 saturated carbocycles. The van der Waals surface area contributed by atoms with Crippen molar-refractivity contribution in [3.63, 3.8) is 0 Å². The van der Waals surface area contributed by atoms with Crippen LogP contribution in [0.2, 0.25) is 0 Å². The molecular weight excluding hydrogens is 224 g/mol. The fourth-order valence-electron chi connectivity index (χ4n) is 2.78. The van der Waals surface area contributed by atoms with Crippen LogP contribution in [0.4, 0.5) is 11.4 Å². The minimum absolute atomic E-state index is 0.227. The number of hydrogen-bond donors (Lipinski definition) is 1. The Balaban J connectivity index is 2.39. The minimum atomic E-state index is 0.227. The van der Waals surface area contributed by atoms with Crippen LogP contribution in [0.1, 0.15) is 32.3 Å². The standard InChI is InChI=1S/C15H24N2O/c1-15(2)7-4-8-17(9-10-18-3)14-11-12(16)5-6-13(14)15/h5-6,11H,4,7-10,16H2,1-3H3.